The Morgan fingerprint density at radius 3 is 2.32 bits per heavy atom. The molecule has 1 N–H and O–H groups in total. The number of hydrogen-bond donors (Lipinski definition) is 1. The van der Waals surface area contributed by atoms with Crippen LogP contribution in [0.4, 0.5) is 0 Å². The highest BCUT2D eigenvalue weighted by atomic mass is 35.5. The summed E-state index contributed by atoms with van der Waals surface area (Å²) in [7, 11) is 0.935. The molecule has 2 bridgehead atoms. The van der Waals surface area contributed by atoms with Gasteiger partial charge in [-0.05, 0) is 56.2 Å². The van der Waals surface area contributed by atoms with Gasteiger partial charge >= 0.3 is 0 Å². The van der Waals surface area contributed by atoms with E-state index in [0.717, 1.165) is 23.3 Å². The standard InChI is InChI=1S/C19H28N2O2S.ClH/c1-13(15-4-8-18(9-5-15)24(3)23)21(2)19(22)12-14-10-16-6-7-17(11-14)20-16;/h4-5,8-9,13-14,16-17,20H,6-7,10-12H2,1-3H3;1H. The van der Waals surface area contributed by atoms with Crippen molar-refractivity contribution >= 4 is 29.1 Å². The lowest BCUT2D eigenvalue weighted by atomic mass is 9.89. The molecule has 4 atom stereocenters. The van der Waals surface area contributed by atoms with Gasteiger partial charge in [0.05, 0.1) is 6.04 Å². The minimum absolute atomic E-state index is 0. The predicted octanol–water partition coefficient (Wildman–Crippen LogP) is 3.29. The van der Waals surface area contributed by atoms with Crippen LogP contribution in [0.2, 0.25) is 0 Å². The Labute approximate surface area is 159 Å². The van der Waals surface area contributed by atoms with Crippen molar-refractivity contribution in [3.8, 4) is 0 Å². The molecule has 2 fully saturated rings. The van der Waals surface area contributed by atoms with Crippen LogP contribution in [-0.4, -0.2) is 40.4 Å². The Hall–Kier alpha value is -0.910. The van der Waals surface area contributed by atoms with Gasteiger partial charge in [0.25, 0.3) is 0 Å². The highest BCUT2D eigenvalue weighted by Gasteiger charge is 2.34. The minimum Gasteiger partial charge on any atom is -0.339 e. The molecule has 4 nitrogen and oxygen atoms in total. The van der Waals surface area contributed by atoms with Crippen molar-refractivity contribution in [2.75, 3.05) is 13.3 Å². The summed E-state index contributed by atoms with van der Waals surface area (Å²) < 4.78 is 11.5. The van der Waals surface area contributed by atoms with Crippen LogP contribution in [0, 0.1) is 5.92 Å². The molecule has 0 aromatic heterocycles. The average molecular weight is 385 g/mol. The Bertz CT molecular complexity index is 610. The smallest absolute Gasteiger partial charge is 0.223 e. The SMILES string of the molecule is CC(c1ccc(S(C)=O)cc1)N(C)C(=O)CC1CC2CCC(C1)N2.Cl. The largest absolute Gasteiger partial charge is 0.339 e. The van der Waals surface area contributed by atoms with Crippen molar-refractivity contribution in [1.82, 2.24) is 10.2 Å². The lowest BCUT2D eigenvalue weighted by Crippen LogP contribution is -2.40. The van der Waals surface area contributed by atoms with Crippen molar-refractivity contribution in [1.29, 1.82) is 0 Å². The van der Waals surface area contributed by atoms with E-state index >= 15 is 0 Å². The molecule has 0 radical (unpaired) electrons. The van der Waals surface area contributed by atoms with Crippen molar-refractivity contribution < 1.29 is 9.00 Å². The van der Waals surface area contributed by atoms with Gasteiger partial charge in [-0.3, -0.25) is 9.00 Å². The summed E-state index contributed by atoms with van der Waals surface area (Å²) in [5.74, 6) is 0.757. The number of rotatable bonds is 5. The molecule has 2 saturated heterocycles. The summed E-state index contributed by atoms with van der Waals surface area (Å²) in [5, 5.41) is 3.64. The lowest BCUT2D eigenvalue weighted by molar-refractivity contribution is -0.133. The topological polar surface area (TPSA) is 49.4 Å². The molecule has 140 valence electrons. The highest BCUT2D eigenvalue weighted by Crippen LogP contribution is 2.33. The first-order valence-electron chi connectivity index (χ1n) is 8.89. The molecule has 2 aliphatic rings. The van der Waals surface area contributed by atoms with Crippen LogP contribution >= 0.6 is 12.4 Å². The van der Waals surface area contributed by atoms with E-state index in [1.807, 2.05) is 36.2 Å². The van der Waals surface area contributed by atoms with E-state index in [0.29, 0.717) is 24.4 Å². The normalized spacial score (nSPS) is 27.2. The lowest BCUT2D eigenvalue weighted by Gasteiger charge is -2.31. The molecule has 1 aromatic carbocycles. The van der Waals surface area contributed by atoms with Gasteiger partial charge in [-0.15, -0.1) is 12.4 Å². The molecule has 25 heavy (non-hydrogen) atoms. The molecule has 0 saturated carbocycles. The predicted molar refractivity (Wildman–Crippen MR) is 104 cm³/mol. The molecule has 2 aliphatic heterocycles. The molecular formula is C19H29ClN2O2S. The van der Waals surface area contributed by atoms with Crippen molar-refractivity contribution in [3.05, 3.63) is 29.8 Å². The van der Waals surface area contributed by atoms with E-state index in [-0.39, 0.29) is 24.4 Å². The van der Waals surface area contributed by atoms with Crippen LogP contribution in [0.15, 0.2) is 29.2 Å². The number of carbonyl (C=O) groups excluding carboxylic acids is 1. The van der Waals surface area contributed by atoms with Gasteiger partial charge in [-0.1, -0.05) is 12.1 Å². The van der Waals surface area contributed by atoms with Crippen LogP contribution < -0.4 is 5.32 Å². The van der Waals surface area contributed by atoms with E-state index in [9.17, 15) is 9.00 Å². The number of piperidine rings is 1. The number of nitrogens with zero attached hydrogens (tertiary/aromatic N) is 1. The summed E-state index contributed by atoms with van der Waals surface area (Å²) in [6, 6.07) is 9.05. The highest BCUT2D eigenvalue weighted by molar-refractivity contribution is 7.84. The Balaban J connectivity index is 0.00000225. The van der Waals surface area contributed by atoms with Crippen molar-refractivity contribution in [2.45, 2.75) is 62.0 Å². The van der Waals surface area contributed by atoms with E-state index in [4.69, 9.17) is 0 Å². The number of halogens is 1. The van der Waals surface area contributed by atoms with Gasteiger partial charge in [0.1, 0.15) is 0 Å². The molecule has 2 heterocycles. The third kappa shape index (κ3) is 4.83. The Morgan fingerprint density at radius 1 is 1.24 bits per heavy atom. The number of benzene rings is 1. The van der Waals surface area contributed by atoms with E-state index in [1.165, 1.54) is 12.8 Å². The quantitative estimate of drug-likeness (QED) is 0.847. The molecular weight excluding hydrogens is 356 g/mol. The number of amides is 1. The first-order valence-corrected chi connectivity index (χ1v) is 10.4. The molecule has 1 amide bonds. The van der Waals surface area contributed by atoms with Gasteiger partial charge in [-0.25, -0.2) is 0 Å². The van der Waals surface area contributed by atoms with E-state index in [1.54, 1.807) is 6.26 Å². The summed E-state index contributed by atoms with van der Waals surface area (Å²) >= 11 is 0. The fourth-order valence-corrected chi connectivity index (χ4v) is 4.63. The van der Waals surface area contributed by atoms with Crippen LogP contribution in [0.1, 0.15) is 50.6 Å². The zero-order chi connectivity index (χ0) is 17.3. The Kier molecular flexibility index (Phi) is 7.06. The van der Waals surface area contributed by atoms with Gasteiger partial charge < -0.3 is 10.2 Å². The molecule has 6 heteroatoms. The number of nitrogens with one attached hydrogen (secondary N) is 1. The van der Waals surface area contributed by atoms with Crippen LogP contribution in [0.3, 0.4) is 0 Å². The van der Waals surface area contributed by atoms with Gasteiger partial charge in [0.2, 0.25) is 5.91 Å². The average Bonchev–Trinajstić information content (AvgIpc) is 2.92. The first-order chi connectivity index (χ1) is 11.4. The zero-order valence-corrected chi connectivity index (χ0v) is 16.9. The maximum atomic E-state index is 12.7. The van der Waals surface area contributed by atoms with Crippen LogP contribution in [0.5, 0.6) is 0 Å². The van der Waals surface area contributed by atoms with Crippen LogP contribution in [-0.2, 0) is 15.6 Å². The maximum Gasteiger partial charge on any atom is 0.223 e. The summed E-state index contributed by atoms with van der Waals surface area (Å²) in [4.78, 5) is 15.4. The second-order valence-electron chi connectivity index (χ2n) is 7.38. The Morgan fingerprint density at radius 2 is 1.80 bits per heavy atom. The monoisotopic (exact) mass is 384 g/mol. The van der Waals surface area contributed by atoms with Gasteiger partial charge in [0.15, 0.2) is 0 Å². The second kappa shape index (κ2) is 8.65. The minimum atomic E-state index is -0.962. The van der Waals surface area contributed by atoms with Gasteiger partial charge in [-0.2, -0.15) is 0 Å². The molecule has 3 rings (SSSR count). The number of hydrogen-bond acceptors (Lipinski definition) is 3. The second-order valence-corrected chi connectivity index (χ2v) is 8.76. The molecule has 0 spiro atoms. The van der Waals surface area contributed by atoms with Crippen molar-refractivity contribution in [3.63, 3.8) is 0 Å². The summed E-state index contributed by atoms with van der Waals surface area (Å²) in [6.07, 6.45) is 7.16. The molecule has 1 aromatic rings. The number of fused-ring (bicyclic) bond motifs is 2. The molecule has 0 aliphatic carbocycles. The summed E-state index contributed by atoms with van der Waals surface area (Å²) in [5.41, 5.74) is 1.09. The fourth-order valence-electron chi connectivity index (χ4n) is 4.11. The maximum absolute atomic E-state index is 12.7. The fraction of sp³-hybridized carbons (Fsp3) is 0.632. The summed E-state index contributed by atoms with van der Waals surface area (Å²) in [6.45, 7) is 2.06. The van der Waals surface area contributed by atoms with Crippen LogP contribution in [0.25, 0.3) is 0 Å². The third-order valence-electron chi connectivity index (χ3n) is 5.70. The van der Waals surface area contributed by atoms with E-state index in [2.05, 4.69) is 12.2 Å². The van der Waals surface area contributed by atoms with E-state index < -0.39 is 10.8 Å². The first kappa shape index (κ1) is 20.4. The zero-order valence-electron chi connectivity index (χ0n) is 15.2. The number of carbonyl (C=O) groups is 1. The molecule has 4 unspecified atom stereocenters. The third-order valence-corrected chi connectivity index (χ3v) is 6.64. The van der Waals surface area contributed by atoms with Crippen molar-refractivity contribution in [2.24, 2.45) is 5.92 Å². The van der Waals surface area contributed by atoms with Gasteiger partial charge in [0, 0.05) is 47.5 Å².